The zero-order valence-electron chi connectivity index (χ0n) is 11.4. The number of halogens is 2. The first-order valence-electron chi connectivity index (χ1n) is 6.40. The number of anilines is 1. The average molecular weight is 309 g/mol. The first-order chi connectivity index (χ1) is 10.1. The molecule has 0 bridgehead atoms. The molecule has 0 radical (unpaired) electrons. The van der Waals surface area contributed by atoms with Crippen LogP contribution < -0.4 is 9.64 Å². The summed E-state index contributed by atoms with van der Waals surface area (Å²) in [5.41, 5.74) is 0.742. The molecule has 0 atom stereocenters. The van der Waals surface area contributed by atoms with Gasteiger partial charge >= 0.3 is 0 Å². The highest BCUT2D eigenvalue weighted by Crippen LogP contribution is 2.25. The lowest BCUT2D eigenvalue weighted by atomic mass is 10.3. The zero-order chi connectivity index (χ0) is 15.2. The Labute approximate surface area is 127 Å². The predicted molar refractivity (Wildman–Crippen MR) is 79.2 cm³/mol. The average Bonchev–Trinajstić information content (AvgIpc) is 2.48. The number of nitrogens with zero attached hydrogens (tertiary/aromatic N) is 2. The summed E-state index contributed by atoms with van der Waals surface area (Å²) in [6, 6.07) is 7.25. The highest BCUT2D eigenvalue weighted by atomic mass is 35.5. The summed E-state index contributed by atoms with van der Waals surface area (Å²) in [5, 5.41) is 0.134. The van der Waals surface area contributed by atoms with E-state index in [0.717, 1.165) is 11.8 Å². The van der Waals surface area contributed by atoms with Crippen molar-refractivity contribution in [3.05, 3.63) is 53.6 Å². The molecule has 0 saturated heterocycles. The van der Waals surface area contributed by atoms with Crippen molar-refractivity contribution in [3.8, 4) is 5.75 Å². The Morgan fingerprint density at radius 2 is 2.05 bits per heavy atom. The van der Waals surface area contributed by atoms with Gasteiger partial charge in [0, 0.05) is 24.6 Å². The van der Waals surface area contributed by atoms with E-state index in [1.807, 2.05) is 6.92 Å². The van der Waals surface area contributed by atoms with Crippen LogP contribution in [0.1, 0.15) is 6.92 Å². The third-order valence-electron chi connectivity index (χ3n) is 2.84. The minimum atomic E-state index is -0.453. The van der Waals surface area contributed by atoms with Gasteiger partial charge in [0.2, 0.25) is 0 Å². The predicted octanol–water partition coefficient (Wildman–Crippen LogP) is 3.31. The van der Waals surface area contributed by atoms with Crippen molar-refractivity contribution in [1.82, 2.24) is 4.98 Å². The summed E-state index contributed by atoms with van der Waals surface area (Å²) in [5.74, 6) is -0.396. The second kappa shape index (κ2) is 7.04. The van der Waals surface area contributed by atoms with E-state index < -0.39 is 5.82 Å². The highest BCUT2D eigenvalue weighted by molar-refractivity contribution is 6.32. The van der Waals surface area contributed by atoms with Crippen molar-refractivity contribution >= 4 is 23.2 Å². The maximum atomic E-state index is 12.9. The van der Waals surface area contributed by atoms with Crippen molar-refractivity contribution in [2.75, 3.05) is 18.1 Å². The molecule has 2 aromatic rings. The summed E-state index contributed by atoms with van der Waals surface area (Å²) in [4.78, 5) is 17.7. The number of carbonyl (C=O) groups is 1. The van der Waals surface area contributed by atoms with Crippen molar-refractivity contribution in [3.63, 3.8) is 0 Å². The van der Waals surface area contributed by atoms with Crippen LogP contribution in [-0.4, -0.2) is 24.0 Å². The van der Waals surface area contributed by atoms with E-state index in [9.17, 15) is 9.18 Å². The molecule has 0 aliphatic rings. The van der Waals surface area contributed by atoms with E-state index in [2.05, 4.69) is 4.98 Å². The van der Waals surface area contributed by atoms with Crippen LogP contribution in [0.3, 0.4) is 0 Å². The first-order valence-corrected chi connectivity index (χ1v) is 6.78. The lowest BCUT2D eigenvalue weighted by molar-refractivity contribution is -0.120. The Morgan fingerprint density at radius 3 is 2.67 bits per heavy atom. The van der Waals surface area contributed by atoms with Gasteiger partial charge in [0.25, 0.3) is 5.91 Å². The van der Waals surface area contributed by atoms with Crippen LogP contribution in [0.5, 0.6) is 5.75 Å². The Hall–Kier alpha value is -2.14. The van der Waals surface area contributed by atoms with E-state index >= 15 is 0 Å². The van der Waals surface area contributed by atoms with Gasteiger partial charge in [-0.15, -0.1) is 0 Å². The smallest absolute Gasteiger partial charge is 0.264 e. The molecular weight excluding hydrogens is 295 g/mol. The minimum absolute atomic E-state index is 0.134. The quantitative estimate of drug-likeness (QED) is 0.851. The van der Waals surface area contributed by atoms with Gasteiger partial charge in [-0.2, -0.15) is 0 Å². The third-order valence-corrected chi connectivity index (χ3v) is 3.13. The number of likely N-dealkylation sites (N-methyl/N-ethyl adjacent to an activating group) is 1. The molecule has 1 heterocycles. The summed E-state index contributed by atoms with van der Waals surface area (Å²) >= 11 is 5.85. The molecular formula is C15H14ClFN2O2. The highest BCUT2D eigenvalue weighted by Gasteiger charge is 2.15. The number of rotatable bonds is 5. The molecule has 0 spiro atoms. The third kappa shape index (κ3) is 3.92. The van der Waals surface area contributed by atoms with Crippen molar-refractivity contribution < 1.29 is 13.9 Å². The van der Waals surface area contributed by atoms with E-state index in [1.54, 1.807) is 29.4 Å². The van der Waals surface area contributed by atoms with Gasteiger partial charge in [0.05, 0.1) is 5.02 Å². The molecule has 4 nitrogen and oxygen atoms in total. The topological polar surface area (TPSA) is 42.4 Å². The van der Waals surface area contributed by atoms with Crippen LogP contribution in [0.15, 0.2) is 42.7 Å². The molecule has 2 rings (SSSR count). The van der Waals surface area contributed by atoms with E-state index in [-0.39, 0.29) is 23.3 Å². The Bertz CT molecular complexity index is 622. The minimum Gasteiger partial charge on any atom is -0.482 e. The standard InChI is InChI=1S/C15H14ClFN2O2/c1-2-19(12-5-7-18-8-6-12)15(20)10-21-14-4-3-11(17)9-13(14)16/h3-9H,2,10H2,1H3. The van der Waals surface area contributed by atoms with Gasteiger partial charge in [-0.1, -0.05) is 11.6 Å². The molecule has 1 amide bonds. The number of pyridine rings is 1. The fraction of sp³-hybridized carbons (Fsp3) is 0.200. The van der Waals surface area contributed by atoms with Crippen LogP contribution >= 0.6 is 11.6 Å². The lowest BCUT2D eigenvalue weighted by Crippen LogP contribution is -2.34. The number of amides is 1. The normalized spacial score (nSPS) is 10.2. The van der Waals surface area contributed by atoms with Crippen LogP contribution in [0, 0.1) is 5.82 Å². The van der Waals surface area contributed by atoms with Crippen LogP contribution in [-0.2, 0) is 4.79 Å². The molecule has 0 aliphatic heterocycles. The zero-order valence-corrected chi connectivity index (χ0v) is 12.2. The van der Waals surface area contributed by atoms with Gasteiger partial charge in [-0.05, 0) is 37.3 Å². The fourth-order valence-electron chi connectivity index (χ4n) is 1.84. The van der Waals surface area contributed by atoms with Gasteiger partial charge in [-0.3, -0.25) is 9.78 Å². The number of aromatic nitrogens is 1. The van der Waals surface area contributed by atoms with E-state index in [1.165, 1.54) is 12.1 Å². The van der Waals surface area contributed by atoms with Gasteiger partial charge in [0.1, 0.15) is 11.6 Å². The number of hydrogen-bond acceptors (Lipinski definition) is 3. The first kappa shape index (κ1) is 15.3. The number of hydrogen-bond donors (Lipinski definition) is 0. The second-order valence-electron chi connectivity index (χ2n) is 4.21. The maximum absolute atomic E-state index is 12.9. The van der Waals surface area contributed by atoms with Gasteiger partial charge in [-0.25, -0.2) is 4.39 Å². The summed E-state index contributed by atoms with van der Waals surface area (Å²) in [6.45, 7) is 2.19. The largest absolute Gasteiger partial charge is 0.482 e. The lowest BCUT2D eigenvalue weighted by Gasteiger charge is -2.21. The number of carbonyl (C=O) groups excluding carboxylic acids is 1. The molecule has 6 heteroatoms. The molecule has 21 heavy (non-hydrogen) atoms. The molecule has 0 fully saturated rings. The summed E-state index contributed by atoms with van der Waals surface area (Å²) in [7, 11) is 0. The fourth-order valence-corrected chi connectivity index (χ4v) is 2.06. The van der Waals surface area contributed by atoms with Crippen molar-refractivity contribution in [2.45, 2.75) is 6.92 Å². The Balaban J connectivity index is 2.03. The summed E-state index contributed by atoms with van der Waals surface area (Å²) < 4.78 is 18.3. The number of ether oxygens (including phenoxy) is 1. The second-order valence-corrected chi connectivity index (χ2v) is 4.61. The maximum Gasteiger partial charge on any atom is 0.264 e. The van der Waals surface area contributed by atoms with Crippen molar-refractivity contribution in [1.29, 1.82) is 0 Å². The monoisotopic (exact) mass is 308 g/mol. The molecule has 0 saturated carbocycles. The molecule has 1 aromatic carbocycles. The summed E-state index contributed by atoms with van der Waals surface area (Å²) in [6.07, 6.45) is 3.23. The van der Waals surface area contributed by atoms with E-state index in [0.29, 0.717) is 6.54 Å². The van der Waals surface area contributed by atoms with Gasteiger partial charge < -0.3 is 9.64 Å². The van der Waals surface area contributed by atoms with Crippen LogP contribution in [0.2, 0.25) is 5.02 Å². The Morgan fingerprint density at radius 1 is 1.33 bits per heavy atom. The van der Waals surface area contributed by atoms with E-state index in [4.69, 9.17) is 16.3 Å². The van der Waals surface area contributed by atoms with Crippen LogP contribution in [0.25, 0.3) is 0 Å². The SMILES string of the molecule is CCN(C(=O)COc1ccc(F)cc1Cl)c1ccncc1. The Kier molecular flexibility index (Phi) is 5.11. The molecule has 0 N–H and O–H groups in total. The van der Waals surface area contributed by atoms with Gasteiger partial charge in [0.15, 0.2) is 6.61 Å². The van der Waals surface area contributed by atoms with Crippen molar-refractivity contribution in [2.24, 2.45) is 0 Å². The number of benzene rings is 1. The molecule has 0 unspecified atom stereocenters. The van der Waals surface area contributed by atoms with Crippen LogP contribution in [0.4, 0.5) is 10.1 Å². The molecule has 1 aromatic heterocycles. The molecule has 110 valence electrons. The molecule has 0 aliphatic carbocycles.